The molecule has 1 N–H and O–H groups in total. The number of aromatic nitrogens is 1. The number of halogens is 1. The Morgan fingerprint density at radius 2 is 1.92 bits per heavy atom. The molecule has 0 amide bonds. The van der Waals surface area contributed by atoms with E-state index in [0.717, 1.165) is 11.1 Å². The molecule has 0 spiro atoms. The molecule has 1 heterocycles. The molecule has 0 unspecified atom stereocenters. The van der Waals surface area contributed by atoms with Crippen molar-refractivity contribution < 1.29 is 17.0 Å². The lowest BCUT2D eigenvalue weighted by Gasteiger charge is -2.11. The Hall–Kier alpha value is -2.18. The van der Waals surface area contributed by atoms with Crippen LogP contribution in [0.25, 0.3) is 22.0 Å². The van der Waals surface area contributed by atoms with Crippen molar-refractivity contribution in [2.45, 2.75) is 25.2 Å². The zero-order chi connectivity index (χ0) is 17.3. The summed E-state index contributed by atoms with van der Waals surface area (Å²) in [5.74, 6) is -0.373. The third kappa shape index (κ3) is 3.07. The third-order valence-corrected chi connectivity index (χ3v) is 5.15. The Morgan fingerprint density at radius 1 is 1.12 bits per heavy atom. The Balaban J connectivity index is 2.23. The van der Waals surface area contributed by atoms with Crippen molar-refractivity contribution >= 4 is 21.0 Å². The normalized spacial score (nSPS) is 12.0. The van der Waals surface area contributed by atoms with Gasteiger partial charge in [-0.25, -0.2) is 4.39 Å². The van der Waals surface area contributed by atoms with E-state index >= 15 is 0 Å². The van der Waals surface area contributed by atoms with Crippen molar-refractivity contribution in [2.75, 3.05) is 6.61 Å². The van der Waals surface area contributed by atoms with Crippen LogP contribution in [0.4, 0.5) is 4.39 Å². The quantitative estimate of drug-likeness (QED) is 0.696. The van der Waals surface area contributed by atoms with E-state index in [0.29, 0.717) is 22.9 Å². The molecule has 0 bridgehead atoms. The summed E-state index contributed by atoms with van der Waals surface area (Å²) in [5, 5.41) is 0.632. The molecule has 0 atom stereocenters. The van der Waals surface area contributed by atoms with Gasteiger partial charge in [0.15, 0.2) is 0 Å². The Morgan fingerprint density at radius 3 is 2.67 bits per heavy atom. The molecule has 0 aliphatic heterocycles. The lowest BCUT2D eigenvalue weighted by atomic mass is 10.0. The molecule has 0 aliphatic rings. The second-order valence-electron chi connectivity index (χ2n) is 5.67. The second kappa shape index (κ2) is 6.37. The van der Waals surface area contributed by atoms with Crippen LogP contribution in [0.1, 0.15) is 18.9 Å². The highest BCUT2D eigenvalue weighted by atomic mass is 32.2. The smallest absolute Gasteiger partial charge is 0.297 e. The number of nitrogens with one attached hydrogen (secondary N) is 1. The van der Waals surface area contributed by atoms with E-state index in [1.54, 1.807) is 24.4 Å². The number of fused-ring (bicyclic) bond motifs is 1. The summed E-state index contributed by atoms with van der Waals surface area (Å²) < 4.78 is 43.7. The van der Waals surface area contributed by atoms with E-state index in [1.807, 2.05) is 13.8 Å². The SMILES string of the molecule is CCCOS(=O)(=O)c1ccc(C)cc1-c1c[nH]c2ccc(F)cc12. The van der Waals surface area contributed by atoms with E-state index in [1.165, 1.54) is 18.2 Å². The first-order chi connectivity index (χ1) is 11.4. The van der Waals surface area contributed by atoms with E-state index in [9.17, 15) is 12.8 Å². The van der Waals surface area contributed by atoms with Crippen molar-refractivity contribution in [2.24, 2.45) is 0 Å². The zero-order valence-electron chi connectivity index (χ0n) is 13.5. The van der Waals surface area contributed by atoms with E-state index in [-0.39, 0.29) is 17.3 Å². The van der Waals surface area contributed by atoms with Gasteiger partial charge in [0, 0.05) is 28.2 Å². The van der Waals surface area contributed by atoms with Crippen LogP contribution in [0.5, 0.6) is 0 Å². The number of aromatic amines is 1. The van der Waals surface area contributed by atoms with Gasteiger partial charge in [-0.2, -0.15) is 8.42 Å². The molecule has 2 aromatic carbocycles. The largest absolute Gasteiger partial charge is 0.361 e. The summed E-state index contributed by atoms with van der Waals surface area (Å²) in [7, 11) is -3.88. The van der Waals surface area contributed by atoms with Crippen LogP contribution in [0.2, 0.25) is 0 Å². The fraction of sp³-hybridized carbons (Fsp3) is 0.222. The molecule has 0 saturated heterocycles. The summed E-state index contributed by atoms with van der Waals surface area (Å²) in [6, 6.07) is 9.42. The van der Waals surface area contributed by atoms with E-state index in [4.69, 9.17) is 4.18 Å². The predicted molar refractivity (Wildman–Crippen MR) is 91.9 cm³/mol. The van der Waals surface area contributed by atoms with Gasteiger partial charge in [-0.1, -0.05) is 18.6 Å². The van der Waals surface area contributed by atoms with Crippen LogP contribution >= 0.6 is 0 Å². The van der Waals surface area contributed by atoms with Gasteiger partial charge >= 0.3 is 0 Å². The fourth-order valence-corrected chi connectivity index (χ4v) is 3.83. The van der Waals surface area contributed by atoms with E-state index in [2.05, 4.69) is 4.98 Å². The summed E-state index contributed by atoms with van der Waals surface area (Å²) in [5.41, 5.74) is 2.78. The number of benzene rings is 2. The minimum absolute atomic E-state index is 0.0895. The molecule has 1 aromatic heterocycles. The molecule has 6 heteroatoms. The average Bonchev–Trinajstić information content (AvgIpc) is 2.95. The maximum Gasteiger partial charge on any atom is 0.297 e. The van der Waals surface area contributed by atoms with Gasteiger partial charge < -0.3 is 4.98 Å². The molecule has 0 saturated carbocycles. The second-order valence-corrected chi connectivity index (χ2v) is 7.25. The first-order valence-electron chi connectivity index (χ1n) is 7.69. The van der Waals surface area contributed by atoms with Gasteiger partial charge in [0.25, 0.3) is 10.1 Å². The third-order valence-electron chi connectivity index (χ3n) is 3.78. The molecule has 3 aromatic rings. The first kappa shape index (κ1) is 16.7. The molecular weight excluding hydrogens is 329 g/mol. The van der Waals surface area contributed by atoms with Gasteiger partial charge in [0.2, 0.25) is 0 Å². The zero-order valence-corrected chi connectivity index (χ0v) is 14.3. The van der Waals surface area contributed by atoms with Crippen LogP contribution < -0.4 is 0 Å². The van der Waals surface area contributed by atoms with Gasteiger partial charge in [0.05, 0.1) is 6.61 Å². The number of aryl methyl sites for hydroxylation is 1. The van der Waals surface area contributed by atoms with Crippen molar-refractivity contribution in [1.29, 1.82) is 0 Å². The number of rotatable bonds is 5. The summed E-state index contributed by atoms with van der Waals surface area (Å²) in [4.78, 5) is 3.14. The Kier molecular flexibility index (Phi) is 4.43. The molecule has 126 valence electrons. The van der Waals surface area contributed by atoms with Gasteiger partial charge in [-0.15, -0.1) is 0 Å². The molecule has 4 nitrogen and oxygen atoms in total. The van der Waals surface area contributed by atoms with Crippen LogP contribution in [-0.2, 0) is 14.3 Å². The summed E-state index contributed by atoms with van der Waals surface area (Å²) >= 11 is 0. The van der Waals surface area contributed by atoms with Gasteiger partial charge in [0.1, 0.15) is 10.7 Å². The van der Waals surface area contributed by atoms with Gasteiger partial charge in [-0.3, -0.25) is 4.18 Å². The minimum atomic E-state index is -3.88. The molecule has 3 rings (SSSR count). The number of hydrogen-bond donors (Lipinski definition) is 1. The Bertz CT molecular complexity index is 993. The average molecular weight is 347 g/mol. The molecule has 0 fully saturated rings. The lowest BCUT2D eigenvalue weighted by molar-refractivity contribution is 0.318. The molecule has 24 heavy (non-hydrogen) atoms. The first-order valence-corrected chi connectivity index (χ1v) is 9.10. The van der Waals surface area contributed by atoms with Crippen LogP contribution in [0.3, 0.4) is 0 Å². The maximum atomic E-state index is 13.6. The van der Waals surface area contributed by atoms with Crippen LogP contribution in [0, 0.1) is 12.7 Å². The van der Waals surface area contributed by atoms with Crippen molar-refractivity contribution in [1.82, 2.24) is 4.98 Å². The number of hydrogen-bond acceptors (Lipinski definition) is 3. The van der Waals surface area contributed by atoms with Crippen molar-refractivity contribution in [3.8, 4) is 11.1 Å². The maximum absolute atomic E-state index is 13.6. The standard InChI is InChI=1S/C18H18FNO3S/c1-3-8-23-24(21,22)18-7-4-12(2)9-15(18)16-11-20-17-6-5-13(19)10-14(16)17/h4-7,9-11,20H,3,8H2,1-2H3. The predicted octanol–water partition coefficient (Wildman–Crippen LogP) is 4.40. The van der Waals surface area contributed by atoms with Crippen molar-refractivity contribution in [3.05, 3.63) is 54.0 Å². The van der Waals surface area contributed by atoms with E-state index < -0.39 is 10.1 Å². The highest BCUT2D eigenvalue weighted by Gasteiger charge is 2.22. The van der Waals surface area contributed by atoms with Crippen LogP contribution in [-0.4, -0.2) is 20.0 Å². The summed E-state index contributed by atoms with van der Waals surface area (Å²) in [6.45, 7) is 3.84. The highest BCUT2D eigenvalue weighted by Crippen LogP contribution is 2.35. The fourth-order valence-electron chi connectivity index (χ4n) is 2.64. The van der Waals surface area contributed by atoms with Crippen molar-refractivity contribution in [3.63, 3.8) is 0 Å². The lowest BCUT2D eigenvalue weighted by Crippen LogP contribution is -2.08. The van der Waals surface area contributed by atoms with Crippen LogP contribution in [0.15, 0.2) is 47.5 Å². The molecular formula is C18H18FNO3S. The monoisotopic (exact) mass is 347 g/mol. The topological polar surface area (TPSA) is 59.2 Å². The Labute approximate surface area is 140 Å². The number of H-pyrrole nitrogens is 1. The molecule has 0 aliphatic carbocycles. The highest BCUT2D eigenvalue weighted by molar-refractivity contribution is 7.87. The van der Waals surface area contributed by atoms with Gasteiger partial charge in [-0.05, 0) is 43.7 Å². The summed E-state index contributed by atoms with van der Waals surface area (Å²) in [6.07, 6.45) is 2.29. The minimum Gasteiger partial charge on any atom is -0.361 e. The molecule has 0 radical (unpaired) electrons.